The van der Waals surface area contributed by atoms with Crippen LogP contribution in [0.1, 0.15) is 25.1 Å². The van der Waals surface area contributed by atoms with Crippen molar-refractivity contribution < 1.29 is 9.84 Å². The molecule has 1 N–H and O–H groups in total. The normalized spacial score (nSPS) is 12.2. The Morgan fingerprint density at radius 2 is 2.18 bits per heavy atom. The second kappa shape index (κ2) is 4.43. The topological polar surface area (TPSA) is 59.7 Å². The van der Waals surface area contributed by atoms with Gasteiger partial charge in [-0.05, 0) is 32.4 Å². The molecule has 0 aliphatic rings. The molecule has 92 valence electrons. The van der Waals surface area contributed by atoms with Gasteiger partial charge in [0.2, 0.25) is 0 Å². The highest BCUT2D eigenvalue weighted by molar-refractivity contribution is 5.46. The van der Waals surface area contributed by atoms with Crippen LogP contribution in [0.2, 0.25) is 0 Å². The summed E-state index contributed by atoms with van der Waals surface area (Å²) in [5.41, 5.74) is 2.03. The monoisotopic (exact) mass is 235 g/mol. The highest BCUT2D eigenvalue weighted by Gasteiger charge is 2.13. The molecule has 0 aromatic carbocycles. The smallest absolute Gasteiger partial charge is 0.158 e. The number of aryl methyl sites for hydroxylation is 1. The minimum absolute atomic E-state index is 0.289. The number of hydrogen-bond acceptors (Lipinski definition) is 4. The molecule has 17 heavy (non-hydrogen) atoms. The Hall–Kier alpha value is -1.46. The Kier molecular flexibility index (Phi) is 3.13. The first-order valence-corrected chi connectivity index (χ1v) is 5.56. The van der Waals surface area contributed by atoms with Gasteiger partial charge in [-0.1, -0.05) is 6.07 Å². The van der Waals surface area contributed by atoms with Crippen LogP contribution in [0.3, 0.4) is 0 Å². The van der Waals surface area contributed by atoms with E-state index in [1.807, 2.05) is 19.1 Å². The van der Waals surface area contributed by atoms with E-state index in [9.17, 15) is 5.11 Å². The molecule has 2 heterocycles. The summed E-state index contributed by atoms with van der Waals surface area (Å²) in [6.45, 7) is 6.12. The number of ether oxygens (including phenoxy) is 1. The van der Waals surface area contributed by atoms with Gasteiger partial charge in [-0.15, -0.1) is 0 Å². The quantitative estimate of drug-likeness (QED) is 0.868. The molecule has 0 atom stereocenters. The van der Waals surface area contributed by atoms with Crippen molar-refractivity contribution in [2.24, 2.45) is 0 Å². The van der Waals surface area contributed by atoms with E-state index in [-0.39, 0.29) is 6.61 Å². The highest BCUT2D eigenvalue weighted by Crippen LogP contribution is 2.11. The van der Waals surface area contributed by atoms with Crippen LogP contribution in [0, 0.1) is 6.92 Å². The molecule has 0 bridgehead atoms. The molecule has 0 fully saturated rings. The Morgan fingerprint density at radius 1 is 1.41 bits per heavy atom. The van der Waals surface area contributed by atoms with E-state index in [0.717, 1.165) is 16.9 Å². The number of rotatable bonds is 4. The maximum Gasteiger partial charge on any atom is 0.158 e. The van der Waals surface area contributed by atoms with Gasteiger partial charge in [0.1, 0.15) is 6.33 Å². The first-order chi connectivity index (χ1) is 7.97. The molecular weight excluding hydrogens is 218 g/mol. The lowest BCUT2D eigenvalue weighted by Crippen LogP contribution is -2.26. The number of nitrogens with zero attached hydrogens (tertiary/aromatic N) is 3. The number of fused-ring (bicyclic) bond motifs is 1. The molecule has 0 aliphatic heterocycles. The van der Waals surface area contributed by atoms with E-state index in [2.05, 4.69) is 10.1 Å². The summed E-state index contributed by atoms with van der Waals surface area (Å²) in [6.07, 6.45) is 1.53. The predicted molar refractivity (Wildman–Crippen MR) is 63.7 cm³/mol. The SMILES string of the molecule is Cc1ccc(COCC(C)(C)O)n2ncnc12. The number of hydrogen-bond donors (Lipinski definition) is 1. The molecule has 2 aromatic heterocycles. The first-order valence-electron chi connectivity index (χ1n) is 5.56. The third kappa shape index (κ3) is 2.81. The zero-order valence-corrected chi connectivity index (χ0v) is 10.3. The number of pyridine rings is 1. The third-order valence-corrected chi connectivity index (χ3v) is 2.40. The summed E-state index contributed by atoms with van der Waals surface area (Å²) in [4.78, 5) is 4.18. The molecular formula is C12H17N3O2. The summed E-state index contributed by atoms with van der Waals surface area (Å²) >= 11 is 0. The lowest BCUT2D eigenvalue weighted by Gasteiger charge is -2.17. The maximum absolute atomic E-state index is 9.55. The molecule has 0 amide bonds. The van der Waals surface area contributed by atoms with E-state index in [1.54, 1.807) is 18.4 Å². The van der Waals surface area contributed by atoms with E-state index in [0.29, 0.717) is 6.61 Å². The second-order valence-corrected chi connectivity index (χ2v) is 4.81. The van der Waals surface area contributed by atoms with Crippen LogP contribution in [-0.2, 0) is 11.3 Å². The Labute approximate surface area is 100 Å². The molecule has 0 unspecified atom stereocenters. The maximum atomic E-state index is 9.55. The highest BCUT2D eigenvalue weighted by atomic mass is 16.5. The van der Waals surface area contributed by atoms with Crippen LogP contribution in [0.5, 0.6) is 0 Å². The minimum atomic E-state index is -0.813. The fourth-order valence-corrected chi connectivity index (χ4v) is 1.60. The van der Waals surface area contributed by atoms with Crippen molar-refractivity contribution in [1.82, 2.24) is 14.6 Å². The van der Waals surface area contributed by atoms with Crippen molar-refractivity contribution in [3.63, 3.8) is 0 Å². The van der Waals surface area contributed by atoms with Gasteiger partial charge in [0.05, 0.1) is 24.5 Å². The van der Waals surface area contributed by atoms with E-state index in [1.165, 1.54) is 6.33 Å². The molecule has 0 saturated carbocycles. The predicted octanol–water partition coefficient (Wildman–Crippen LogP) is 1.33. The molecule has 2 aromatic rings. The van der Waals surface area contributed by atoms with E-state index in [4.69, 9.17) is 4.74 Å². The average Bonchev–Trinajstić information content (AvgIpc) is 2.69. The van der Waals surface area contributed by atoms with Crippen LogP contribution in [0.25, 0.3) is 5.65 Å². The van der Waals surface area contributed by atoms with Crippen LogP contribution < -0.4 is 0 Å². The van der Waals surface area contributed by atoms with Crippen molar-refractivity contribution in [3.8, 4) is 0 Å². The van der Waals surface area contributed by atoms with Gasteiger partial charge in [0.25, 0.3) is 0 Å². The minimum Gasteiger partial charge on any atom is -0.388 e. The zero-order valence-electron chi connectivity index (χ0n) is 10.3. The fourth-order valence-electron chi connectivity index (χ4n) is 1.60. The second-order valence-electron chi connectivity index (χ2n) is 4.81. The lowest BCUT2D eigenvalue weighted by atomic mass is 10.2. The molecule has 5 heteroatoms. The molecule has 0 aliphatic carbocycles. The van der Waals surface area contributed by atoms with Gasteiger partial charge in [-0.2, -0.15) is 5.10 Å². The summed E-state index contributed by atoms with van der Waals surface area (Å²) < 4.78 is 7.23. The molecule has 2 rings (SSSR count). The third-order valence-electron chi connectivity index (χ3n) is 2.40. The van der Waals surface area contributed by atoms with E-state index >= 15 is 0 Å². The van der Waals surface area contributed by atoms with Crippen molar-refractivity contribution in [3.05, 3.63) is 29.7 Å². The number of aliphatic hydroxyl groups is 1. The summed E-state index contributed by atoms with van der Waals surface area (Å²) in [7, 11) is 0. The fraction of sp³-hybridized carbons (Fsp3) is 0.500. The van der Waals surface area contributed by atoms with Gasteiger partial charge >= 0.3 is 0 Å². The van der Waals surface area contributed by atoms with Crippen molar-refractivity contribution in [1.29, 1.82) is 0 Å². The van der Waals surface area contributed by atoms with Gasteiger partial charge in [-0.3, -0.25) is 0 Å². The molecule has 0 saturated heterocycles. The van der Waals surface area contributed by atoms with Crippen molar-refractivity contribution >= 4 is 5.65 Å². The zero-order chi connectivity index (χ0) is 12.5. The van der Waals surface area contributed by atoms with Crippen LogP contribution in [0.4, 0.5) is 0 Å². The first kappa shape index (κ1) is 12.0. The Bertz CT molecular complexity index is 514. The van der Waals surface area contributed by atoms with Crippen molar-refractivity contribution in [2.75, 3.05) is 6.61 Å². The van der Waals surface area contributed by atoms with Crippen LogP contribution in [-0.4, -0.2) is 31.9 Å². The molecule has 0 radical (unpaired) electrons. The van der Waals surface area contributed by atoms with Gasteiger partial charge < -0.3 is 9.84 Å². The van der Waals surface area contributed by atoms with Crippen LogP contribution >= 0.6 is 0 Å². The Morgan fingerprint density at radius 3 is 2.88 bits per heavy atom. The largest absolute Gasteiger partial charge is 0.388 e. The van der Waals surface area contributed by atoms with Gasteiger partial charge in [-0.25, -0.2) is 9.50 Å². The van der Waals surface area contributed by atoms with Gasteiger partial charge in [0, 0.05) is 0 Å². The summed E-state index contributed by atoms with van der Waals surface area (Å²) in [5, 5.41) is 13.7. The summed E-state index contributed by atoms with van der Waals surface area (Å²) in [6, 6.07) is 3.95. The Balaban J connectivity index is 2.14. The van der Waals surface area contributed by atoms with Gasteiger partial charge in [0.15, 0.2) is 5.65 Å². The number of aromatic nitrogens is 3. The summed E-state index contributed by atoms with van der Waals surface area (Å²) in [5.74, 6) is 0. The molecule has 0 spiro atoms. The van der Waals surface area contributed by atoms with E-state index < -0.39 is 5.60 Å². The van der Waals surface area contributed by atoms with Crippen LogP contribution in [0.15, 0.2) is 18.5 Å². The molecule has 5 nitrogen and oxygen atoms in total. The standard InChI is InChI=1S/C12H17N3O2/c1-9-4-5-10(6-17-7-12(2,3)16)15-11(9)13-8-14-15/h4-5,8,16H,6-7H2,1-3H3. The lowest BCUT2D eigenvalue weighted by molar-refractivity contribution is -0.0280. The average molecular weight is 235 g/mol. The van der Waals surface area contributed by atoms with Crippen molar-refractivity contribution in [2.45, 2.75) is 33.0 Å².